The normalized spacial score (nSPS) is 31.3. The van der Waals surface area contributed by atoms with Gasteiger partial charge in [0.1, 0.15) is 5.75 Å². The number of hydrogen-bond donors (Lipinski definition) is 2. The van der Waals surface area contributed by atoms with E-state index in [-0.39, 0.29) is 30.4 Å². The third-order valence-corrected chi connectivity index (χ3v) is 4.85. The third kappa shape index (κ3) is 2.77. The van der Waals surface area contributed by atoms with Gasteiger partial charge in [-0.05, 0) is 18.9 Å². The van der Waals surface area contributed by atoms with E-state index in [0.29, 0.717) is 0 Å². The first-order chi connectivity index (χ1) is 10.2. The minimum absolute atomic E-state index is 0.0518. The summed E-state index contributed by atoms with van der Waals surface area (Å²) in [6.45, 7) is 2.17. The molecular weight excluding hydrogens is 266 g/mol. The van der Waals surface area contributed by atoms with Crippen LogP contribution in [0.2, 0.25) is 0 Å². The summed E-state index contributed by atoms with van der Waals surface area (Å²) in [6, 6.07) is 7.91. The van der Waals surface area contributed by atoms with E-state index < -0.39 is 6.10 Å². The van der Waals surface area contributed by atoms with Crippen LogP contribution in [0.1, 0.15) is 44.1 Å². The molecule has 2 N–H and O–H groups in total. The number of nitrogens with one attached hydrogen (secondary N) is 1. The van der Waals surface area contributed by atoms with Crippen molar-refractivity contribution in [3.8, 4) is 5.75 Å². The Labute approximate surface area is 125 Å². The lowest BCUT2D eigenvalue weighted by Gasteiger charge is -2.32. The second kappa shape index (κ2) is 6.06. The number of para-hydroxylation sites is 1. The Morgan fingerprint density at radius 1 is 1.33 bits per heavy atom. The maximum Gasteiger partial charge on any atom is 0.261 e. The lowest BCUT2D eigenvalue weighted by atomic mass is 9.84. The van der Waals surface area contributed by atoms with Crippen LogP contribution >= 0.6 is 0 Å². The van der Waals surface area contributed by atoms with Gasteiger partial charge in [-0.15, -0.1) is 0 Å². The van der Waals surface area contributed by atoms with E-state index in [1.54, 1.807) is 0 Å². The van der Waals surface area contributed by atoms with Crippen molar-refractivity contribution in [3.63, 3.8) is 0 Å². The molecule has 1 aromatic rings. The maximum atomic E-state index is 12.5. The monoisotopic (exact) mass is 289 g/mol. The van der Waals surface area contributed by atoms with Crippen LogP contribution in [0.5, 0.6) is 5.75 Å². The highest BCUT2D eigenvalue weighted by atomic mass is 16.5. The van der Waals surface area contributed by atoms with Crippen LogP contribution in [0.25, 0.3) is 0 Å². The molecule has 114 valence electrons. The first kappa shape index (κ1) is 14.4. The van der Waals surface area contributed by atoms with Gasteiger partial charge in [-0.2, -0.15) is 0 Å². The van der Waals surface area contributed by atoms with Crippen LogP contribution in [-0.2, 0) is 4.79 Å². The van der Waals surface area contributed by atoms with Crippen LogP contribution in [-0.4, -0.2) is 29.8 Å². The fourth-order valence-electron chi connectivity index (χ4n) is 3.53. The van der Waals surface area contributed by atoms with E-state index in [1.807, 2.05) is 31.2 Å². The van der Waals surface area contributed by atoms with Gasteiger partial charge in [0.05, 0.1) is 0 Å². The molecule has 0 spiro atoms. The minimum Gasteiger partial charge on any atom is -0.480 e. The predicted molar refractivity (Wildman–Crippen MR) is 80.2 cm³/mol. The van der Waals surface area contributed by atoms with Crippen molar-refractivity contribution in [2.75, 3.05) is 6.61 Å². The Hall–Kier alpha value is -1.55. The van der Waals surface area contributed by atoms with Crippen molar-refractivity contribution in [1.29, 1.82) is 0 Å². The number of aliphatic hydroxyl groups is 1. The second-order valence-corrected chi connectivity index (χ2v) is 6.21. The largest absolute Gasteiger partial charge is 0.480 e. The summed E-state index contributed by atoms with van der Waals surface area (Å²) in [5.41, 5.74) is 1.10. The zero-order valence-corrected chi connectivity index (χ0v) is 12.4. The number of rotatable bonds is 3. The highest BCUT2D eigenvalue weighted by Gasteiger charge is 2.37. The van der Waals surface area contributed by atoms with Gasteiger partial charge >= 0.3 is 0 Å². The molecule has 0 radical (unpaired) electrons. The first-order valence-electron chi connectivity index (χ1n) is 7.87. The molecule has 4 atom stereocenters. The number of ether oxygens (including phenoxy) is 1. The lowest BCUT2D eigenvalue weighted by molar-refractivity contribution is -0.129. The Balaban J connectivity index is 1.67. The Morgan fingerprint density at radius 3 is 2.86 bits per heavy atom. The molecule has 4 unspecified atom stereocenters. The highest BCUT2D eigenvalue weighted by molar-refractivity contribution is 5.83. The van der Waals surface area contributed by atoms with Gasteiger partial charge in [-0.1, -0.05) is 38.0 Å². The summed E-state index contributed by atoms with van der Waals surface area (Å²) < 4.78 is 5.82. The molecule has 4 heteroatoms. The topological polar surface area (TPSA) is 58.6 Å². The van der Waals surface area contributed by atoms with Crippen molar-refractivity contribution in [2.24, 2.45) is 5.92 Å². The summed E-state index contributed by atoms with van der Waals surface area (Å²) in [5.74, 6) is 1.01. The molecule has 2 aliphatic rings. The summed E-state index contributed by atoms with van der Waals surface area (Å²) in [5, 5.41) is 12.6. The summed E-state index contributed by atoms with van der Waals surface area (Å²) in [6.07, 6.45) is 3.74. The van der Waals surface area contributed by atoms with E-state index >= 15 is 0 Å². The average molecular weight is 289 g/mol. The van der Waals surface area contributed by atoms with Gasteiger partial charge < -0.3 is 15.2 Å². The highest BCUT2D eigenvalue weighted by Crippen LogP contribution is 2.38. The van der Waals surface area contributed by atoms with E-state index in [2.05, 4.69) is 5.32 Å². The average Bonchev–Trinajstić information content (AvgIpc) is 2.85. The smallest absolute Gasteiger partial charge is 0.261 e. The lowest BCUT2D eigenvalue weighted by Crippen LogP contribution is -2.48. The Morgan fingerprint density at radius 2 is 2.10 bits per heavy atom. The number of benzene rings is 1. The van der Waals surface area contributed by atoms with Crippen molar-refractivity contribution in [3.05, 3.63) is 29.8 Å². The number of amides is 1. The maximum absolute atomic E-state index is 12.5. The minimum atomic E-state index is -0.455. The SMILES string of the molecule is CC1c2ccccc2OC1C(=O)NC1CCCCC1CO. The Kier molecular flexibility index (Phi) is 4.15. The fourth-order valence-corrected chi connectivity index (χ4v) is 3.53. The van der Waals surface area contributed by atoms with E-state index in [4.69, 9.17) is 4.74 Å². The zero-order chi connectivity index (χ0) is 14.8. The number of carbonyl (C=O) groups excluding carboxylic acids is 1. The van der Waals surface area contributed by atoms with Crippen molar-refractivity contribution >= 4 is 5.91 Å². The molecule has 0 aromatic heterocycles. The van der Waals surface area contributed by atoms with Crippen molar-refractivity contribution < 1.29 is 14.6 Å². The van der Waals surface area contributed by atoms with Gasteiger partial charge in [0.25, 0.3) is 5.91 Å². The standard InChI is InChI=1S/C17H23NO3/c1-11-13-7-3-5-9-15(13)21-16(11)17(20)18-14-8-4-2-6-12(14)10-19/h3,5,7,9,11-12,14,16,19H,2,4,6,8,10H2,1H3,(H,18,20). The van der Waals surface area contributed by atoms with Crippen LogP contribution in [0.15, 0.2) is 24.3 Å². The van der Waals surface area contributed by atoms with Crippen molar-refractivity contribution in [2.45, 2.75) is 50.7 Å². The quantitative estimate of drug-likeness (QED) is 0.897. The molecule has 1 aliphatic heterocycles. The van der Waals surface area contributed by atoms with Gasteiger partial charge in [0, 0.05) is 30.0 Å². The van der Waals surface area contributed by atoms with Crippen LogP contribution in [0.4, 0.5) is 0 Å². The van der Waals surface area contributed by atoms with E-state index in [1.165, 1.54) is 0 Å². The molecule has 0 saturated heterocycles. The van der Waals surface area contributed by atoms with Gasteiger partial charge in [0.2, 0.25) is 0 Å². The summed E-state index contributed by atoms with van der Waals surface area (Å²) in [7, 11) is 0. The van der Waals surface area contributed by atoms with Crippen LogP contribution in [0, 0.1) is 5.92 Å². The molecule has 1 aliphatic carbocycles. The molecule has 1 aromatic carbocycles. The van der Waals surface area contributed by atoms with E-state index in [9.17, 15) is 9.90 Å². The van der Waals surface area contributed by atoms with Gasteiger partial charge in [0.15, 0.2) is 6.10 Å². The molecule has 3 rings (SSSR count). The number of fused-ring (bicyclic) bond motifs is 1. The first-order valence-corrected chi connectivity index (χ1v) is 7.87. The Bertz CT molecular complexity index is 517. The fraction of sp³-hybridized carbons (Fsp3) is 0.588. The van der Waals surface area contributed by atoms with Gasteiger partial charge in [-0.25, -0.2) is 0 Å². The molecule has 1 saturated carbocycles. The second-order valence-electron chi connectivity index (χ2n) is 6.21. The molecule has 1 amide bonds. The molecule has 1 fully saturated rings. The predicted octanol–water partition coefficient (Wildman–Crippen LogP) is 2.22. The summed E-state index contributed by atoms with van der Waals surface area (Å²) >= 11 is 0. The van der Waals surface area contributed by atoms with Crippen LogP contribution < -0.4 is 10.1 Å². The summed E-state index contributed by atoms with van der Waals surface area (Å²) in [4.78, 5) is 12.5. The van der Waals surface area contributed by atoms with E-state index in [0.717, 1.165) is 37.0 Å². The third-order valence-electron chi connectivity index (χ3n) is 4.85. The number of hydrogen-bond acceptors (Lipinski definition) is 3. The molecule has 21 heavy (non-hydrogen) atoms. The molecular formula is C17H23NO3. The zero-order valence-electron chi connectivity index (χ0n) is 12.4. The van der Waals surface area contributed by atoms with Crippen LogP contribution in [0.3, 0.4) is 0 Å². The number of carbonyl (C=O) groups is 1. The molecule has 1 heterocycles. The molecule has 0 bridgehead atoms. The van der Waals surface area contributed by atoms with Gasteiger partial charge in [-0.3, -0.25) is 4.79 Å². The van der Waals surface area contributed by atoms with Crippen molar-refractivity contribution in [1.82, 2.24) is 5.32 Å². The number of aliphatic hydroxyl groups excluding tert-OH is 1. The molecule has 4 nitrogen and oxygen atoms in total.